The number of carbonyl (C=O) groups excluding carboxylic acids is 2. The van der Waals surface area contributed by atoms with E-state index in [9.17, 15) is 19.1 Å². The Morgan fingerprint density at radius 2 is 1.78 bits per heavy atom. The van der Waals surface area contributed by atoms with E-state index in [1.807, 2.05) is 0 Å². The van der Waals surface area contributed by atoms with E-state index in [1.165, 1.54) is 13.8 Å². The summed E-state index contributed by atoms with van der Waals surface area (Å²) >= 11 is 0. The number of aliphatic hydroxyl groups excluding tert-OH is 1. The van der Waals surface area contributed by atoms with Gasteiger partial charge in [-0.25, -0.2) is 4.39 Å². The van der Waals surface area contributed by atoms with E-state index in [1.54, 1.807) is 6.92 Å². The number of hydrogen-bond donors (Lipinski definition) is 1. The standard InChI is InChI=1S/C11H19FO6/c1-6(7(2)17-9(4)14)11(15)18-10(12)5-16-8(3)13/h6-7,10-11,15H,5H2,1-4H3/t6?,7-,10?,11?/m1/s1. The van der Waals surface area contributed by atoms with E-state index in [0.717, 1.165) is 6.92 Å². The first kappa shape index (κ1) is 16.8. The molecule has 0 aromatic carbocycles. The number of aliphatic hydroxyl groups is 1. The zero-order valence-electron chi connectivity index (χ0n) is 10.9. The second kappa shape index (κ2) is 7.99. The molecule has 1 N–H and O–H groups in total. The third-order valence-corrected chi connectivity index (χ3v) is 2.25. The fourth-order valence-electron chi connectivity index (χ4n) is 1.10. The molecule has 0 rings (SSSR count). The highest BCUT2D eigenvalue weighted by Crippen LogP contribution is 2.15. The van der Waals surface area contributed by atoms with Crippen molar-refractivity contribution in [3.63, 3.8) is 0 Å². The van der Waals surface area contributed by atoms with Gasteiger partial charge in [-0.15, -0.1) is 0 Å². The second-order valence-electron chi connectivity index (χ2n) is 3.91. The maximum absolute atomic E-state index is 13.1. The summed E-state index contributed by atoms with van der Waals surface area (Å²) in [7, 11) is 0. The van der Waals surface area contributed by atoms with Crippen LogP contribution in [0.3, 0.4) is 0 Å². The molecular formula is C11H19FO6. The summed E-state index contributed by atoms with van der Waals surface area (Å²) in [5, 5.41) is 9.54. The number of carbonyl (C=O) groups is 2. The van der Waals surface area contributed by atoms with E-state index in [4.69, 9.17) is 4.74 Å². The molecule has 18 heavy (non-hydrogen) atoms. The van der Waals surface area contributed by atoms with Crippen molar-refractivity contribution in [3.05, 3.63) is 0 Å². The third-order valence-electron chi connectivity index (χ3n) is 2.25. The van der Waals surface area contributed by atoms with Crippen molar-refractivity contribution in [1.29, 1.82) is 0 Å². The molecule has 0 saturated carbocycles. The minimum Gasteiger partial charge on any atom is -0.462 e. The van der Waals surface area contributed by atoms with Crippen molar-refractivity contribution >= 4 is 11.9 Å². The number of rotatable bonds is 7. The summed E-state index contributed by atoms with van der Waals surface area (Å²) in [6.45, 7) is 4.86. The van der Waals surface area contributed by atoms with Gasteiger partial charge >= 0.3 is 11.9 Å². The van der Waals surface area contributed by atoms with Crippen molar-refractivity contribution in [1.82, 2.24) is 0 Å². The molecule has 0 fully saturated rings. The third kappa shape index (κ3) is 7.18. The van der Waals surface area contributed by atoms with Gasteiger partial charge in [0.05, 0.1) is 0 Å². The zero-order valence-corrected chi connectivity index (χ0v) is 10.9. The molecule has 0 aromatic rings. The molecule has 0 saturated heterocycles. The van der Waals surface area contributed by atoms with Gasteiger partial charge in [0.2, 0.25) is 6.36 Å². The SMILES string of the molecule is CC(=O)OCC(F)OC(O)C(C)[C@@H](C)OC(C)=O. The molecule has 6 nitrogen and oxygen atoms in total. The highest BCUT2D eigenvalue weighted by atomic mass is 19.1. The molecule has 3 unspecified atom stereocenters. The summed E-state index contributed by atoms with van der Waals surface area (Å²) in [6, 6.07) is 0. The molecule has 0 aromatic heterocycles. The summed E-state index contributed by atoms with van der Waals surface area (Å²) in [4.78, 5) is 21.1. The fourth-order valence-corrected chi connectivity index (χ4v) is 1.10. The van der Waals surface area contributed by atoms with Crippen LogP contribution in [0.2, 0.25) is 0 Å². The monoisotopic (exact) mass is 266 g/mol. The average molecular weight is 266 g/mol. The normalized spacial score (nSPS) is 17.4. The lowest BCUT2D eigenvalue weighted by Gasteiger charge is -2.25. The molecule has 0 heterocycles. The molecule has 0 amide bonds. The van der Waals surface area contributed by atoms with Crippen LogP contribution < -0.4 is 0 Å². The Morgan fingerprint density at radius 1 is 1.22 bits per heavy atom. The van der Waals surface area contributed by atoms with Gasteiger partial charge in [0.15, 0.2) is 6.29 Å². The fraction of sp³-hybridized carbons (Fsp3) is 0.818. The Balaban J connectivity index is 4.09. The van der Waals surface area contributed by atoms with E-state index in [2.05, 4.69) is 9.47 Å². The predicted molar refractivity (Wildman–Crippen MR) is 59.0 cm³/mol. The lowest BCUT2D eigenvalue weighted by atomic mass is 10.1. The summed E-state index contributed by atoms with van der Waals surface area (Å²) in [6.07, 6.45) is -4.03. The number of hydrogen-bond acceptors (Lipinski definition) is 6. The van der Waals surface area contributed by atoms with Crippen molar-refractivity contribution in [2.45, 2.75) is 46.4 Å². The Hall–Kier alpha value is -1.21. The van der Waals surface area contributed by atoms with Gasteiger partial charge in [-0.1, -0.05) is 6.92 Å². The first-order chi connectivity index (χ1) is 8.23. The molecule has 0 aliphatic rings. The zero-order chi connectivity index (χ0) is 14.3. The number of esters is 2. The predicted octanol–water partition coefficient (Wildman–Crippen LogP) is 0.768. The van der Waals surface area contributed by atoms with E-state index < -0.39 is 43.2 Å². The molecule has 0 radical (unpaired) electrons. The van der Waals surface area contributed by atoms with Crippen LogP contribution in [0.15, 0.2) is 0 Å². The summed E-state index contributed by atoms with van der Waals surface area (Å²) in [5.74, 6) is -1.76. The van der Waals surface area contributed by atoms with E-state index in [-0.39, 0.29) is 0 Å². The Bertz CT molecular complexity index is 283. The highest BCUT2D eigenvalue weighted by Gasteiger charge is 2.26. The van der Waals surface area contributed by atoms with Crippen LogP contribution in [-0.4, -0.2) is 42.4 Å². The molecule has 0 bridgehead atoms. The minimum atomic E-state index is -1.93. The lowest BCUT2D eigenvalue weighted by molar-refractivity contribution is -0.225. The van der Waals surface area contributed by atoms with Crippen LogP contribution in [-0.2, 0) is 23.8 Å². The quantitative estimate of drug-likeness (QED) is 0.541. The Labute approximate surface area is 105 Å². The van der Waals surface area contributed by atoms with E-state index >= 15 is 0 Å². The van der Waals surface area contributed by atoms with Gasteiger partial charge in [0, 0.05) is 19.8 Å². The van der Waals surface area contributed by atoms with Gasteiger partial charge in [-0.05, 0) is 6.92 Å². The summed E-state index contributed by atoms with van der Waals surface area (Å²) < 4.78 is 26.9. The number of ether oxygens (including phenoxy) is 3. The molecule has 0 aliphatic carbocycles. The van der Waals surface area contributed by atoms with Crippen LogP contribution in [0.4, 0.5) is 4.39 Å². The lowest BCUT2D eigenvalue weighted by Crippen LogP contribution is -2.35. The van der Waals surface area contributed by atoms with Crippen molar-refractivity contribution in [3.8, 4) is 0 Å². The molecule has 4 atom stereocenters. The number of halogens is 1. The number of alkyl halides is 1. The molecule has 106 valence electrons. The van der Waals surface area contributed by atoms with Crippen LogP contribution in [0.5, 0.6) is 0 Å². The largest absolute Gasteiger partial charge is 0.462 e. The van der Waals surface area contributed by atoms with Gasteiger partial charge in [-0.2, -0.15) is 0 Å². The van der Waals surface area contributed by atoms with Crippen LogP contribution in [0.1, 0.15) is 27.7 Å². The first-order valence-electron chi connectivity index (χ1n) is 5.52. The van der Waals surface area contributed by atoms with Crippen molar-refractivity contribution < 1.29 is 33.3 Å². The summed E-state index contributed by atoms with van der Waals surface area (Å²) in [5.41, 5.74) is 0. The van der Waals surface area contributed by atoms with Crippen molar-refractivity contribution in [2.75, 3.05) is 6.61 Å². The average Bonchev–Trinajstić information content (AvgIpc) is 2.24. The maximum Gasteiger partial charge on any atom is 0.302 e. The van der Waals surface area contributed by atoms with Gasteiger partial charge in [0.1, 0.15) is 12.7 Å². The van der Waals surface area contributed by atoms with Crippen LogP contribution >= 0.6 is 0 Å². The minimum absolute atomic E-state index is 0.502. The molecule has 7 heteroatoms. The van der Waals surface area contributed by atoms with E-state index in [0.29, 0.717) is 0 Å². The first-order valence-corrected chi connectivity index (χ1v) is 5.52. The Kier molecular flexibility index (Phi) is 7.45. The van der Waals surface area contributed by atoms with Crippen LogP contribution in [0, 0.1) is 5.92 Å². The molecule has 0 aliphatic heterocycles. The Morgan fingerprint density at radius 3 is 2.22 bits per heavy atom. The van der Waals surface area contributed by atoms with Crippen LogP contribution in [0.25, 0.3) is 0 Å². The maximum atomic E-state index is 13.1. The van der Waals surface area contributed by atoms with Gasteiger partial charge in [-0.3, -0.25) is 9.59 Å². The van der Waals surface area contributed by atoms with Gasteiger partial charge < -0.3 is 19.3 Å². The van der Waals surface area contributed by atoms with Gasteiger partial charge in [0.25, 0.3) is 0 Å². The second-order valence-corrected chi connectivity index (χ2v) is 3.91. The topological polar surface area (TPSA) is 82.1 Å². The molecular weight excluding hydrogens is 247 g/mol. The smallest absolute Gasteiger partial charge is 0.302 e. The highest BCUT2D eigenvalue weighted by molar-refractivity contribution is 5.66. The van der Waals surface area contributed by atoms with Crippen molar-refractivity contribution in [2.24, 2.45) is 5.92 Å². The molecule has 0 spiro atoms.